The van der Waals surface area contributed by atoms with Crippen molar-refractivity contribution in [3.8, 4) is 0 Å². The molecule has 12 heteroatoms. The molecule has 0 spiro atoms. The summed E-state index contributed by atoms with van der Waals surface area (Å²) in [4.78, 5) is 29.3. The van der Waals surface area contributed by atoms with Crippen molar-refractivity contribution in [1.29, 1.82) is 0 Å². The molecule has 0 saturated heterocycles. The van der Waals surface area contributed by atoms with Crippen LogP contribution in [0.2, 0.25) is 0 Å². The van der Waals surface area contributed by atoms with Crippen LogP contribution in [0.1, 0.15) is 42.4 Å². The van der Waals surface area contributed by atoms with Crippen LogP contribution in [0.15, 0.2) is 83.3 Å². The van der Waals surface area contributed by atoms with Crippen LogP contribution in [0.3, 0.4) is 0 Å². The molecular formula is C31H33BrF3N3O4S. The molecular weight excluding hydrogens is 647 g/mol. The molecule has 7 nitrogen and oxygen atoms in total. The van der Waals surface area contributed by atoms with Crippen molar-refractivity contribution in [2.45, 2.75) is 56.9 Å². The van der Waals surface area contributed by atoms with Crippen LogP contribution in [0, 0.1) is 0 Å². The van der Waals surface area contributed by atoms with Gasteiger partial charge in [-0.2, -0.15) is 13.2 Å². The summed E-state index contributed by atoms with van der Waals surface area (Å²) in [5, 5.41) is 3.07. The van der Waals surface area contributed by atoms with Crippen LogP contribution < -0.4 is 9.62 Å². The smallest absolute Gasteiger partial charge is 0.352 e. The minimum atomic E-state index is -4.71. The molecule has 0 heterocycles. The van der Waals surface area contributed by atoms with E-state index in [1.54, 1.807) is 24.3 Å². The average molecular weight is 681 g/mol. The number of anilines is 1. The van der Waals surface area contributed by atoms with E-state index in [2.05, 4.69) is 21.2 Å². The fraction of sp³-hybridized carbons (Fsp3) is 0.355. The molecule has 3 aromatic carbocycles. The number of halogens is 4. The Hall–Kier alpha value is -3.38. The molecule has 1 atom stereocenters. The maximum atomic E-state index is 14.1. The van der Waals surface area contributed by atoms with Gasteiger partial charge in [0.1, 0.15) is 12.6 Å². The summed E-state index contributed by atoms with van der Waals surface area (Å²) in [6, 6.07) is 19.1. The number of amides is 2. The lowest BCUT2D eigenvalue weighted by atomic mass is 10.0. The maximum Gasteiger partial charge on any atom is 0.416 e. The lowest BCUT2D eigenvalue weighted by Crippen LogP contribution is -2.54. The van der Waals surface area contributed by atoms with Crippen molar-refractivity contribution in [3.05, 3.63) is 100 Å². The highest BCUT2D eigenvalue weighted by molar-refractivity contribution is 9.10. The van der Waals surface area contributed by atoms with Gasteiger partial charge >= 0.3 is 6.18 Å². The number of rotatable bonds is 11. The summed E-state index contributed by atoms with van der Waals surface area (Å²) >= 11 is 3.39. The van der Waals surface area contributed by atoms with E-state index >= 15 is 0 Å². The second-order valence-electron chi connectivity index (χ2n) is 10.7. The number of carbonyl (C=O) groups excluding carboxylic acids is 2. The zero-order valence-electron chi connectivity index (χ0n) is 23.6. The van der Waals surface area contributed by atoms with Gasteiger partial charge in [0.05, 0.1) is 17.5 Å². The van der Waals surface area contributed by atoms with Crippen LogP contribution in [-0.4, -0.2) is 50.0 Å². The number of nitrogens with zero attached hydrogens (tertiary/aromatic N) is 2. The van der Waals surface area contributed by atoms with Gasteiger partial charge in [0.2, 0.25) is 21.8 Å². The zero-order chi connectivity index (χ0) is 31.2. The minimum Gasteiger partial charge on any atom is -0.352 e. The highest BCUT2D eigenvalue weighted by atomic mass is 79.9. The summed E-state index contributed by atoms with van der Waals surface area (Å²) in [6.45, 7) is -0.819. The first kappa shape index (κ1) is 32.5. The Morgan fingerprint density at radius 3 is 2.21 bits per heavy atom. The van der Waals surface area contributed by atoms with E-state index in [9.17, 15) is 31.2 Å². The number of hydrogen-bond acceptors (Lipinski definition) is 4. The van der Waals surface area contributed by atoms with Crippen molar-refractivity contribution in [3.63, 3.8) is 0 Å². The van der Waals surface area contributed by atoms with Crippen LogP contribution in [-0.2, 0) is 38.8 Å². The zero-order valence-corrected chi connectivity index (χ0v) is 26.0. The van der Waals surface area contributed by atoms with Crippen LogP contribution in [0.5, 0.6) is 0 Å². The lowest BCUT2D eigenvalue weighted by molar-refractivity contribution is -0.140. The van der Waals surface area contributed by atoms with Crippen molar-refractivity contribution >= 4 is 43.5 Å². The molecule has 2 amide bonds. The first-order chi connectivity index (χ1) is 20.3. The second kappa shape index (κ2) is 13.9. The predicted molar refractivity (Wildman–Crippen MR) is 163 cm³/mol. The maximum absolute atomic E-state index is 14.1. The highest BCUT2D eigenvalue weighted by Crippen LogP contribution is 2.32. The summed E-state index contributed by atoms with van der Waals surface area (Å²) in [6.07, 6.45) is -0.121. The van der Waals surface area contributed by atoms with Gasteiger partial charge < -0.3 is 10.2 Å². The highest BCUT2D eigenvalue weighted by Gasteiger charge is 2.35. The quantitative estimate of drug-likeness (QED) is 0.272. The average Bonchev–Trinajstić information content (AvgIpc) is 3.47. The molecule has 3 aromatic rings. The molecule has 43 heavy (non-hydrogen) atoms. The Balaban J connectivity index is 1.73. The van der Waals surface area contributed by atoms with Gasteiger partial charge in [-0.05, 0) is 54.3 Å². The Labute approximate surface area is 258 Å². The van der Waals surface area contributed by atoms with E-state index in [1.165, 1.54) is 11.0 Å². The monoisotopic (exact) mass is 679 g/mol. The van der Waals surface area contributed by atoms with Gasteiger partial charge in [0.15, 0.2) is 0 Å². The number of carbonyl (C=O) groups is 2. The minimum absolute atomic E-state index is 0.0259. The largest absolute Gasteiger partial charge is 0.416 e. The summed E-state index contributed by atoms with van der Waals surface area (Å²) < 4.78 is 67.6. The van der Waals surface area contributed by atoms with E-state index in [-0.39, 0.29) is 30.6 Å². The van der Waals surface area contributed by atoms with Gasteiger partial charge in [-0.3, -0.25) is 13.9 Å². The third kappa shape index (κ3) is 9.06. The standard InChI is InChI=1S/C31H33BrF3N3O4S/c1-43(41,42)38(27-13-7-10-24(19-27)31(33,34)35)21-29(39)37(20-23-14-16-25(32)17-15-23)28(18-22-8-3-2-4-9-22)30(40)36-26-11-5-6-12-26/h2-4,7-10,13-17,19,26,28H,5-6,11-12,18,20-21H2,1H3,(H,36,40)/t28-/m0/s1. The fourth-order valence-corrected chi connectivity index (χ4v) is 6.26. The van der Waals surface area contributed by atoms with E-state index in [4.69, 9.17) is 0 Å². The lowest BCUT2D eigenvalue weighted by Gasteiger charge is -2.34. The van der Waals surface area contributed by atoms with Crippen molar-refractivity contribution in [2.75, 3.05) is 17.1 Å². The summed E-state index contributed by atoms with van der Waals surface area (Å²) in [5.74, 6) is -1.10. The number of sulfonamides is 1. The summed E-state index contributed by atoms with van der Waals surface area (Å²) in [7, 11) is -4.20. The molecule has 0 radical (unpaired) electrons. The summed E-state index contributed by atoms with van der Waals surface area (Å²) in [5.41, 5.74) is 0.133. The first-order valence-electron chi connectivity index (χ1n) is 13.8. The Morgan fingerprint density at radius 2 is 1.60 bits per heavy atom. The second-order valence-corrected chi connectivity index (χ2v) is 13.5. The number of alkyl halides is 3. The SMILES string of the molecule is CS(=O)(=O)N(CC(=O)N(Cc1ccc(Br)cc1)[C@@H](Cc1ccccc1)C(=O)NC1CCCC1)c1cccc(C(F)(F)F)c1. The molecule has 0 aliphatic heterocycles. The molecule has 0 bridgehead atoms. The van der Waals surface area contributed by atoms with Crippen LogP contribution >= 0.6 is 15.9 Å². The normalized spacial score (nSPS) is 14.7. The molecule has 0 aromatic heterocycles. The van der Waals surface area contributed by atoms with Crippen molar-refractivity contribution in [1.82, 2.24) is 10.2 Å². The number of hydrogen-bond donors (Lipinski definition) is 1. The van der Waals surface area contributed by atoms with Crippen LogP contribution in [0.25, 0.3) is 0 Å². The molecule has 0 unspecified atom stereocenters. The van der Waals surface area contributed by atoms with E-state index in [0.717, 1.165) is 54.1 Å². The third-order valence-corrected chi connectivity index (χ3v) is 9.05. The van der Waals surface area contributed by atoms with Gasteiger partial charge in [-0.25, -0.2) is 8.42 Å². The number of benzene rings is 3. The molecule has 1 aliphatic rings. The van der Waals surface area contributed by atoms with Gasteiger partial charge in [-0.15, -0.1) is 0 Å². The van der Waals surface area contributed by atoms with Gasteiger partial charge in [0, 0.05) is 23.5 Å². The Kier molecular flexibility index (Phi) is 10.5. The van der Waals surface area contributed by atoms with E-state index < -0.39 is 40.3 Å². The molecule has 1 saturated carbocycles. The molecule has 1 fully saturated rings. The molecule has 1 aliphatic carbocycles. The van der Waals surface area contributed by atoms with E-state index in [1.807, 2.05) is 30.3 Å². The van der Waals surface area contributed by atoms with Crippen molar-refractivity contribution in [2.24, 2.45) is 0 Å². The topological polar surface area (TPSA) is 86.8 Å². The third-order valence-electron chi connectivity index (χ3n) is 7.38. The first-order valence-corrected chi connectivity index (χ1v) is 16.5. The predicted octanol–water partition coefficient (Wildman–Crippen LogP) is 5.93. The Bertz CT molecular complexity index is 1510. The van der Waals surface area contributed by atoms with Gasteiger partial charge in [0.25, 0.3) is 0 Å². The molecule has 4 rings (SSSR count). The van der Waals surface area contributed by atoms with E-state index in [0.29, 0.717) is 15.9 Å². The van der Waals surface area contributed by atoms with Crippen molar-refractivity contribution < 1.29 is 31.2 Å². The fourth-order valence-electron chi connectivity index (χ4n) is 5.16. The Morgan fingerprint density at radius 1 is 0.953 bits per heavy atom. The van der Waals surface area contributed by atoms with Crippen LogP contribution in [0.4, 0.5) is 18.9 Å². The number of nitrogens with one attached hydrogen (secondary N) is 1. The molecule has 230 valence electrons. The molecule has 1 N–H and O–H groups in total. The van der Waals surface area contributed by atoms with Gasteiger partial charge in [-0.1, -0.05) is 77.3 Å².